The third-order valence-electron chi connectivity index (χ3n) is 3.73. The summed E-state index contributed by atoms with van der Waals surface area (Å²) in [5, 5.41) is 5.11. The molecule has 1 saturated carbocycles. The zero-order valence-electron chi connectivity index (χ0n) is 10.7. The van der Waals surface area contributed by atoms with E-state index in [-0.39, 0.29) is 5.91 Å². The Morgan fingerprint density at radius 1 is 1.47 bits per heavy atom. The first-order chi connectivity index (χ1) is 9.15. The van der Waals surface area contributed by atoms with E-state index in [1.165, 1.54) is 6.42 Å². The zero-order chi connectivity index (χ0) is 13.4. The van der Waals surface area contributed by atoms with Gasteiger partial charge < -0.3 is 5.32 Å². The minimum atomic E-state index is -0.147. The fraction of sp³-hybridized carbons (Fsp3) is 0.333. The molecule has 98 valence electrons. The molecule has 1 aromatic heterocycles. The van der Waals surface area contributed by atoms with Crippen LogP contribution in [0.4, 0.5) is 0 Å². The summed E-state index contributed by atoms with van der Waals surface area (Å²) in [5.74, 6) is 1.21. The van der Waals surface area contributed by atoms with Crippen LogP contribution in [0.25, 0.3) is 10.8 Å². The summed E-state index contributed by atoms with van der Waals surface area (Å²) < 4.78 is 0. The summed E-state index contributed by atoms with van der Waals surface area (Å²) in [6.07, 6.45) is 1.20. The average Bonchev–Trinajstić information content (AvgIpc) is 3.12. The lowest BCUT2D eigenvalue weighted by atomic mass is 10.1. The SMILES string of the molecule is CC1CC1CNC(=O)c1cc2ccccc2c(Cl)n1. The summed E-state index contributed by atoms with van der Waals surface area (Å²) in [6, 6.07) is 9.45. The van der Waals surface area contributed by atoms with Crippen molar-refractivity contribution >= 4 is 28.3 Å². The highest BCUT2D eigenvalue weighted by Gasteiger charge is 2.32. The Labute approximate surface area is 117 Å². The van der Waals surface area contributed by atoms with E-state index in [0.717, 1.165) is 23.2 Å². The van der Waals surface area contributed by atoms with Crippen LogP contribution in [0, 0.1) is 11.8 Å². The maximum absolute atomic E-state index is 12.0. The van der Waals surface area contributed by atoms with Gasteiger partial charge in [-0.15, -0.1) is 0 Å². The molecule has 1 aliphatic rings. The van der Waals surface area contributed by atoms with E-state index in [2.05, 4.69) is 17.2 Å². The van der Waals surface area contributed by atoms with Crippen LogP contribution < -0.4 is 5.32 Å². The van der Waals surface area contributed by atoms with Crippen molar-refractivity contribution in [3.63, 3.8) is 0 Å². The molecule has 1 heterocycles. The van der Waals surface area contributed by atoms with Crippen molar-refractivity contribution in [3.05, 3.63) is 41.2 Å². The van der Waals surface area contributed by atoms with Gasteiger partial charge in [0.05, 0.1) is 0 Å². The van der Waals surface area contributed by atoms with Crippen molar-refractivity contribution in [3.8, 4) is 0 Å². The molecule has 1 fully saturated rings. The van der Waals surface area contributed by atoms with E-state index in [9.17, 15) is 4.79 Å². The lowest BCUT2D eigenvalue weighted by molar-refractivity contribution is 0.0946. The lowest BCUT2D eigenvalue weighted by Gasteiger charge is -2.06. The van der Waals surface area contributed by atoms with Gasteiger partial charge in [-0.3, -0.25) is 4.79 Å². The van der Waals surface area contributed by atoms with Crippen LogP contribution in [-0.4, -0.2) is 17.4 Å². The smallest absolute Gasteiger partial charge is 0.269 e. The van der Waals surface area contributed by atoms with Crippen LogP contribution in [0.1, 0.15) is 23.8 Å². The summed E-state index contributed by atoms with van der Waals surface area (Å²) >= 11 is 6.11. The number of benzene rings is 1. The van der Waals surface area contributed by atoms with Crippen molar-refractivity contribution < 1.29 is 4.79 Å². The fourth-order valence-electron chi connectivity index (χ4n) is 2.27. The number of pyridine rings is 1. The number of rotatable bonds is 3. The number of halogens is 1. The van der Waals surface area contributed by atoms with E-state index in [0.29, 0.717) is 16.8 Å². The predicted octanol–water partition coefficient (Wildman–Crippen LogP) is 3.27. The first-order valence-corrected chi connectivity index (χ1v) is 6.86. The number of nitrogens with one attached hydrogen (secondary N) is 1. The minimum absolute atomic E-state index is 0.147. The van der Waals surface area contributed by atoms with Crippen molar-refractivity contribution in [2.75, 3.05) is 6.54 Å². The van der Waals surface area contributed by atoms with Gasteiger partial charge >= 0.3 is 0 Å². The second-order valence-electron chi connectivity index (χ2n) is 5.20. The number of carbonyl (C=O) groups is 1. The Morgan fingerprint density at radius 3 is 2.95 bits per heavy atom. The van der Waals surface area contributed by atoms with Gasteiger partial charge in [-0.1, -0.05) is 42.8 Å². The molecule has 0 aliphatic heterocycles. The van der Waals surface area contributed by atoms with E-state index in [1.807, 2.05) is 24.3 Å². The van der Waals surface area contributed by atoms with Crippen LogP contribution in [0.15, 0.2) is 30.3 Å². The number of nitrogens with zero attached hydrogens (tertiary/aromatic N) is 1. The highest BCUT2D eigenvalue weighted by atomic mass is 35.5. The van der Waals surface area contributed by atoms with Crippen LogP contribution in [0.3, 0.4) is 0 Å². The minimum Gasteiger partial charge on any atom is -0.350 e. The molecular weight excluding hydrogens is 260 g/mol. The molecule has 1 aromatic carbocycles. The quantitative estimate of drug-likeness (QED) is 0.873. The lowest BCUT2D eigenvalue weighted by Crippen LogP contribution is -2.26. The standard InChI is InChI=1S/C15H15ClN2O/c1-9-6-11(9)8-17-15(19)13-7-10-4-2-3-5-12(10)14(16)18-13/h2-5,7,9,11H,6,8H2,1H3,(H,17,19). The topological polar surface area (TPSA) is 42.0 Å². The summed E-state index contributed by atoms with van der Waals surface area (Å²) in [4.78, 5) is 16.2. The molecule has 2 aromatic rings. The normalized spacial score (nSPS) is 21.4. The highest BCUT2D eigenvalue weighted by molar-refractivity contribution is 6.34. The van der Waals surface area contributed by atoms with Crippen LogP contribution >= 0.6 is 11.6 Å². The molecular formula is C15H15ClN2O. The molecule has 19 heavy (non-hydrogen) atoms. The summed E-state index contributed by atoms with van der Waals surface area (Å²) in [7, 11) is 0. The van der Waals surface area contributed by atoms with Crippen LogP contribution in [0.5, 0.6) is 0 Å². The second-order valence-corrected chi connectivity index (χ2v) is 5.56. The third-order valence-corrected chi connectivity index (χ3v) is 4.02. The third kappa shape index (κ3) is 2.56. The number of amides is 1. The number of hydrogen-bond donors (Lipinski definition) is 1. The average molecular weight is 275 g/mol. The Morgan fingerprint density at radius 2 is 2.21 bits per heavy atom. The molecule has 0 saturated heterocycles. The summed E-state index contributed by atoms with van der Waals surface area (Å²) in [6.45, 7) is 2.92. The first kappa shape index (κ1) is 12.4. The highest BCUT2D eigenvalue weighted by Crippen LogP contribution is 2.36. The van der Waals surface area contributed by atoms with Crippen LogP contribution in [-0.2, 0) is 0 Å². The number of carbonyl (C=O) groups excluding carboxylic acids is 1. The van der Waals surface area contributed by atoms with E-state index in [4.69, 9.17) is 11.6 Å². The molecule has 2 atom stereocenters. The van der Waals surface area contributed by atoms with Gasteiger partial charge in [-0.25, -0.2) is 4.98 Å². The molecule has 1 aliphatic carbocycles. The van der Waals surface area contributed by atoms with Gasteiger partial charge in [0.25, 0.3) is 5.91 Å². The Bertz CT molecular complexity index is 641. The van der Waals surface area contributed by atoms with Gasteiger partial charge in [0, 0.05) is 11.9 Å². The van der Waals surface area contributed by atoms with E-state index < -0.39 is 0 Å². The van der Waals surface area contributed by atoms with Gasteiger partial charge in [0.1, 0.15) is 10.8 Å². The molecule has 3 rings (SSSR count). The summed E-state index contributed by atoms with van der Waals surface area (Å²) in [5.41, 5.74) is 0.386. The number of fused-ring (bicyclic) bond motifs is 1. The number of hydrogen-bond acceptors (Lipinski definition) is 2. The Kier molecular flexibility index (Phi) is 3.15. The molecule has 1 amide bonds. The van der Waals surface area contributed by atoms with Crippen molar-refractivity contribution in [2.45, 2.75) is 13.3 Å². The molecule has 0 spiro atoms. The van der Waals surface area contributed by atoms with Crippen molar-refractivity contribution in [1.82, 2.24) is 10.3 Å². The monoisotopic (exact) mass is 274 g/mol. The predicted molar refractivity (Wildman–Crippen MR) is 76.4 cm³/mol. The number of aromatic nitrogens is 1. The van der Waals surface area contributed by atoms with Crippen molar-refractivity contribution in [2.24, 2.45) is 11.8 Å². The van der Waals surface area contributed by atoms with Gasteiger partial charge in [-0.05, 0) is 29.7 Å². The zero-order valence-corrected chi connectivity index (χ0v) is 11.4. The maximum atomic E-state index is 12.0. The molecule has 3 nitrogen and oxygen atoms in total. The van der Waals surface area contributed by atoms with Crippen LogP contribution in [0.2, 0.25) is 5.15 Å². The maximum Gasteiger partial charge on any atom is 0.269 e. The first-order valence-electron chi connectivity index (χ1n) is 6.48. The molecule has 4 heteroatoms. The second kappa shape index (κ2) is 4.82. The van der Waals surface area contributed by atoms with E-state index >= 15 is 0 Å². The molecule has 1 N–H and O–H groups in total. The molecule has 2 unspecified atom stereocenters. The van der Waals surface area contributed by atoms with Gasteiger partial charge in [0.2, 0.25) is 0 Å². The Hall–Kier alpha value is -1.61. The molecule has 0 radical (unpaired) electrons. The van der Waals surface area contributed by atoms with Gasteiger partial charge in [0.15, 0.2) is 0 Å². The van der Waals surface area contributed by atoms with Crippen molar-refractivity contribution in [1.29, 1.82) is 0 Å². The van der Waals surface area contributed by atoms with E-state index in [1.54, 1.807) is 6.07 Å². The largest absolute Gasteiger partial charge is 0.350 e. The van der Waals surface area contributed by atoms with Gasteiger partial charge in [-0.2, -0.15) is 0 Å². The fourth-order valence-corrected chi connectivity index (χ4v) is 2.53. The Balaban J connectivity index is 1.81. The molecule has 0 bridgehead atoms.